The third-order valence-corrected chi connectivity index (χ3v) is 0.641. The van der Waals surface area contributed by atoms with Crippen LogP contribution in [-0.2, 0) is 8.53 Å². The van der Waals surface area contributed by atoms with E-state index in [-0.39, 0.29) is 29.6 Å². The number of ether oxygens (including phenoxy) is 1. The maximum atomic E-state index is 4.64. The number of methoxy groups -OCH3 is 1. The van der Waals surface area contributed by atoms with E-state index < -0.39 is 0 Å². The Bertz CT molecular complexity index is 24.9. The van der Waals surface area contributed by atoms with Crippen molar-refractivity contribution in [3.05, 3.63) is 0 Å². The van der Waals surface area contributed by atoms with Crippen LogP contribution in [0.25, 0.3) is 0 Å². The van der Waals surface area contributed by atoms with Gasteiger partial charge in [0, 0.05) is 13.7 Å². The van der Waals surface area contributed by atoms with E-state index in [1.165, 1.54) is 0 Å². The quantitative estimate of drug-likeness (QED) is 0.360. The van der Waals surface area contributed by atoms with Gasteiger partial charge in [0.2, 0.25) is 0 Å². The summed E-state index contributed by atoms with van der Waals surface area (Å²) in [5.74, 6) is 0. The van der Waals surface area contributed by atoms with Crippen LogP contribution in [0.2, 0.25) is 0 Å². The fourth-order valence-corrected chi connectivity index (χ4v) is 0.228. The molecular formula is C3H8AlNaO2. The molecule has 0 aromatic rings. The molecule has 0 fully saturated rings. The van der Waals surface area contributed by atoms with Gasteiger partial charge in [-0.3, -0.25) is 0 Å². The van der Waals surface area contributed by atoms with Gasteiger partial charge in [0.05, 0.1) is 6.61 Å². The molecule has 0 heterocycles. The van der Waals surface area contributed by atoms with E-state index in [1.54, 1.807) is 7.11 Å². The Labute approximate surface area is 74.6 Å². The van der Waals surface area contributed by atoms with Gasteiger partial charge < -0.3 is 8.53 Å². The van der Waals surface area contributed by atoms with Crippen molar-refractivity contribution in [1.29, 1.82) is 0 Å². The summed E-state index contributed by atoms with van der Waals surface area (Å²) >= 11 is 2.15. The van der Waals surface area contributed by atoms with Gasteiger partial charge in [-0.15, -0.1) is 0 Å². The van der Waals surface area contributed by atoms with Crippen LogP contribution >= 0.6 is 0 Å². The van der Waals surface area contributed by atoms with E-state index in [9.17, 15) is 0 Å². The van der Waals surface area contributed by atoms with E-state index in [0.29, 0.717) is 13.2 Å². The molecule has 0 saturated heterocycles. The molecule has 0 saturated carbocycles. The van der Waals surface area contributed by atoms with Crippen LogP contribution in [0.5, 0.6) is 0 Å². The fraction of sp³-hybridized carbons (Fsp3) is 1.00. The molecule has 2 nitrogen and oxygen atoms in total. The Balaban J connectivity index is 0. The van der Waals surface area contributed by atoms with Crippen LogP contribution in [0.1, 0.15) is 0 Å². The van der Waals surface area contributed by atoms with Gasteiger partial charge in [-0.2, -0.15) is 0 Å². The second kappa shape index (κ2) is 10.4. The van der Waals surface area contributed by atoms with E-state index in [1.807, 2.05) is 0 Å². The second-order valence-electron chi connectivity index (χ2n) is 0.864. The molecule has 4 heteroatoms. The topological polar surface area (TPSA) is 18.5 Å². The number of rotatable bonds is 3. The summed E-state index contributed by atoms with van der Waals surface area (Å²) in [4.78, 5) is 0. The van der Waals surface area contributed by atoms with Crippen LogP contribution in [0.15, 0.2) is 0 Å². The molecule has 0 N–H and O–H groups in total. The monoisotopic (exact) mass is 126 g/mol. The first-order valence-electron chi connectivity index (χ1n) is 1.72. The predicted molar refractivity (Wildman–Crippen MR) is 30.7 cm³/mol. The summed E-state index contributed by atoms with van der Waals surface area (Å²) in [6.45, 7) is 1.32. The van der Waals surface area contributed by atoms with Crippen LogP contribution in [0.4, 0.5) is 0 Å². The Morgan fingerprint density at radius 3 is 2.14 bits per heavy atom. The van der Waals surface area contributed by atoms with Crippen molar-refractivity contribution in [2.75, 3.05) is 20.3 Å². The normalized spacial score (nSPS) is 7.57. The molecule has 2 radical (unpaired) electrons. The first-order valence-corrected chi connectivity index (χ1v) is 2.19. The van der Waals surface area contributed by atoms with Crippen molar-refractivity contribution in [1.82, 2.24) is 0 Å². The van der Waals surface area contributed by atoms with Crippen LogP contribution in [-0.4, -0.2) is 66.5 Å². The van der Waals surface area contributed by atoms with E-state index in [2.05, 4.69) is 25.1 Å². The molecule has 0 rings (SSSR count). The third-order valence-electron chi connectivity index (χ3n) is 0.405. The molecule has 36 valence electrons. The molecule has 0 atom stereocenters. The summed E-state index contributed by atoms with van der Waals surface area (Å²) in [7, 11) is 1.64. The summed E-state index contributed by atoms with van der Waals surface area (Å²) in [6, 6.07) is 0. The molecule has 0 aromatic carbocycles. The number of hydrogen-bond donors (Lipinski definition) is 0. The number of hydrogen-bond acceptors (Lipinski definition) is 2. The molecule has 0 amide bonds. The fourth-order valence-electron chi connectivity index (χ4n) is 0.131. The Hall–Kier alpha value is 1.45. The minimum atomic E-state index is 0. The van der Waals surface area contributed by atoms with Gasteiger partial charge in [-0.1, -0.05) is 0 Å². The van der Waals surface area contributed by atoms with Gasteiger partial charge in [-0.25, -0.2) is 0 Å². The predicted octanol–water partition coefficient (Wildman–Crippen LogP) is -0.916. The average Bonchev–Trinajstić information content (AvgIpc) is 1.61. The van der Waals surface area contributed by atoms with Crippen molar-refractivity contribution in [3.8, 4) is 0 Å². The maximum absolute atomic E-state index is 4.64. The zero-order chi connectivity index (χ0) is 4.83. The zero-order valence-corrected chi connectivity index (χ0v) is 4.96. The Kier molecular flexibility index (Phi) is 16.8. The zero-order valence-electron chi connectivity index (χ0n) is 3.81. The van der Waals surface area contributed by atoms with Crippen molar-refractivity contribution >= 4 is 46.2 Å². The molecule has 0 aliphatic carbocycles. The van der Waals surface area contributed by atoms with Gasteiger partial charge in [0.15, 0.2) is 0 Å². The van der Waals surface area contributed by atoms with E-state index >= 15 is 0 Å². The molecule has 0 unspecified atom stereocenters. The van der Waals surface area contributed by atoms with Gasteiger partial charge in [0.1, 0.15) is 0 Å². The summed E-state index contributed by atoms with van der Waals surface area (Å²) in [5.41, 5.74) is 0. The van der Waals surface area contributed by atoms with Crippen LogP contribution in [0.3, 0.4) is 0 Å². The van der Waals surface area contributed by atoms with Crippen molar-refractivity contribution in [3.63, 3.8) is 0 Å². The first-order chi connectivity index (χ1) is 2.91. The minimum absolute atomic E-state index is 0. The Morgan fingerprint density at radius 1 is 1.43 bits per heavy atom. The first kappa shape index (κ1) is 11.3. The Morgan fingerprint density at radius 2 is 2.00 bits per heavy atom. The molecule has 0 aromatic heterocycles. The van der Waals surface area contributed by atoms with Crippen molar-refractivity contribution in [2.45, 2.75) is 0 Å². The van der Waals surface area contributed by atoms with Gasteiger partial charge in [0.25, 0.3) is 0 Å². The molecule has 0 aliphatic heterocycles. The van der Waals surface area contributed by atoms with Gasteiger partial charge >= 0.3 is 46.2 Å². The average molecular weight is 126 g/mol. The van der Waals surface area contributed by atoms with Crippen LogP contribution < -0.4 is 0 Å². The van der Waals surface area contributed by atoms with Crippen molar-refractivity contribution in [2.24, 2.45) is 0 Å². The second-order valence-corrected chi connectivity index (χ2v) is 1.20. The summed E-state index contributed by atoms with van der Waals surface area (Å²) in [5, 5.41) is 0. The molecule has 0 bridgehead atoms. The van der Waals surface area contributed by atoms with Crippen molar-refractivity contribution < 1.29 is 8.53 Å². The van der Waals surface area contributed by atoms with E-state index in [4.69, 9.17) is 0 Å². The summed E-state index contributed by atoms with van der Waals surface area (Å²) < 4.78 is 9.22. The third kappa shape index (κ3) is 11.2. The van der Waals surface area contributed by atoms with Gasteiger partial charge in [-0.05, 0) is 0 Å². The SMILES string of the molecule is COCC[O][Al].[NaH]. The molecular weight excluding hydrogens is 118 g/mol. The standard InChI is InChI=1S/C3H7O2.Al.Na.H/c1-5-3-2-4;;;/h2-3H2,1H3;;;/q-1;+1;;. The molecule has 0 spiro atoms. The van der Waals surface area contributed by atoms with Crippen LogP contribution in [0, 0.1) is 0 Å². The van der Waals surface area contributed by atoms with E-state index in [0.717, 1.165) is 0 Å². The molecule has 0 aliphatic rings. The molecule has 7 heavy (non-hydrogen) atoms. The summed E-state index contributed by atoms with van der Waals surface area (Å²) in [6.07, 6.45) is 0.